The largest absolute Gasteiger partial charge is 0.378 e. The van der Waals surface area contributed by atoms with Gasteiger partial charge in [-0.05, 0) is 31.6 Å². The van der Waals surface area contributed by atoms with Gasteiger partial charge in [0.1, 0.15) is 0 Å². The van der Waals surface area contributed by atoms with Crippen LogP contribution in [0.3, 0.4) is 0 Å². The normalized spacial score (nSPS) is 22.0. The van der Waals surface area contributed by atoms with Gasteiger partial charge >= 0.3 is 0 Å². The SMILES string of the molecule is CC(CBr)CCCNC(=O)CC1CCCO1. The van der Waals surface area contributed by atoms with E-state index in [1.807, 2.05) is 0 Å². The van der Waals surface area contributed by atoms with Crippen molar-refractivity contribution in [3.8, 4) is 0 Å². The predicted molar refractivity (Wildman–Crippen MR) is 68.8 cm³/mol. The highest BCUT2D eigenvalue weighted by Gasteiger charge is 2.18. The average molecular weight is 292 g/mol. The Morgan fingerprint density at radius 2 is 2.44 bits per heavy atom. The molecule has 1 rings (SSSR count). The monoisotopic (exact) mass is 291 g/mol. The fourth-order valence-electron chi connectivity index (χ4n) is 1.84. The summed E-state index contributed by atoms with van der Waals surface area (Å²) in [5.74, 6) is 0.827. The molecule has 1 saturated heterocycles. The summed E-state index contributed by atoms with van der Waals surface area (Å²) in [6, 6.07) is 0. The van der Waals surface area contributed by atoms with Gasteiger partial charge in [0.05, 0.1) is 12.5 Å². The second-order valence-corrected chi connectivity index (χ2v) is 5.24. The van der Waals surface area contributed by atoms with Gasteiger partial charge < -0.3 is 10.1 Å². The molecule has 1 N–H and O–H groups in total. The molecule has 0 saturated carbocycles. The number of rotatable bonds is 7. The minimum atomic E-state index is 0.137. The lowest BCUT2D eigenvalue weighted by Gasteiger charge is -2.10. The molecule has 94 valence electrons. The van der Waals surface area contributed by atoms with Gasteiger partial charge in [0, 0.05) is 18.5 Å². The van der Waals surface area contributed by atoms with Crippen molar-refractivity contribution in [2.24, 2.45) is 5.92 Å². The Hall–Kier alpha value is -0.0900. The lowest BCUT2D eigenvalue weighted by Crippen LogP contribution is -2.28. The van der Waals surface area contributed by atoms with E-state index in [-0.39, 0.29) is 12.0 Å². The van der Waals surface area contributed by atoms with Crippen LogP contribution in [0.25, 0.3) is 0 Å². The molecule has 2 atom stereocenters. The Morgan fingerprint density at radius 3 is 3.06 bits per heavy atom. The van der Waals surface area contributed by atoms with E-state index in [0.29, 0.717) is 12.3 Å². The molecule has 0 bridgehead atoms. The Bertz CT molecular complexity index is 205. The van der Waals surface area contributed by atoms with Gasteiger partial charge in [-0.1, -0.05) is 22.9 Å². The molecule has 1 amide bonds. The van der Waals surface area contributed by atoms with Crippen LogP contribution >= 0.6 is 15.9 Å². The average Bonchev–Trinajstić information content (AvgIpc) is 2.76. The van der Waals surface area contributed by atoms with E-state index in [9.17, 15) is 4.79 Å². The van der Waals surface area contributed by atoms with E-state index >= 15 is 0 Å². The standard InChI is InChI=1S/C12H22BrNO2/c1-10(9-13)4-2-6-14-12(15)8-11-5-3-7-16-11/h10-11H,2-9H2,1H3,(H,14,15). The van der Waals surface area contributed by atoms with Crippen LogP contribution in [-0.2, 0) is 9.53 Å². The zero-order valence-electron chi connectivity index (χ0n) is 10.0. The summed E-state index contributed by atoms with van der Waals surface area (Å²) < 4.78 is 5.42. The number of carbonyl (C=O) groups is 1. The predicted octanol–water partition coefficient (Wildman–Crippen LogP) is 2.48. The molecule has 0 aliphatic carbocycles. The second kappa shape index (κ2) is 8.07. The van der Waals surface area contributed by atoms with Crippen molar-refractivity contribution in [2.45, 2.75) is 45.1 Å². The Balaban J connectivity index is 1.97. The van der Waals surface area contributed by atoms with Crippen LogP contribution in [0, 0.1) is 5.92 Å². The van der Waals surface area contributed by atoms with E-state index in [1.165, 1.54) is 0 Å². The first-order chi connectivity index (χ1) is 7.72. The van der Waals surface area contributed by atoms with Crippen molar-refractivity contribution < 1.29 is 9.53 Å². The number of nitrogens with one attached hydrogen (secondary N) is 1. The van der Waals surface area contributed by atoms with Crippen molar-refractivity contribution in [3.63, 3.8) is 0 Å². The number of hydrogen-bond donors (Lipinski definition) is 1. The van der Waals surface area contributed by atoms with E-state index in [1.54, 1.807) is 0 Å². The molecule has 1 aliphatic rings. The summed E-state index contributed by atoms with van der Waals surface area (Å²) >= 11 is 3.45. The molecule has 1 fully saturated rings. The summed E-state index contributed by atoms with van der Waals surface area (Å²) in [7, 11) is 0. The molecule has 16 heavy (non-hydrogen) atoms. The number of amides is 1. The van der Waals surface area contributed by atoms with E-state index < -0.39 is 0 Å². The fraction of sp³-hybridized carbons (Fsp3) is 0.917. The van der Waals surface area contributed by atoms with Crippen molar-refractivity contribution >= 4 is 21.8 Å². The third-order valence-electron chi connectivity index (χ3n) is 2.90. The first-order valence-corrected chi connectivity index (χ1v) is 7.28. The van der Waals surface area contributed by atoms with Crippen LogP contribution in [0.2, 0.25) is 0 Å². The summed E-state index contributed by atoms with van der Waals surface area (Å²) in [6.07, 6.45) is 5.06. The van der Waals surface area contributed by atoms with Crippen LogP contribution in [0.15, 0.2) is 0 Å². The molecular formula is C12H22BrNO2. The van der Waals surface area contributed by atoms with Crippen LogP contribution in [0.1, 0.15) is 39.0 Å². The second-order valence-electron chi connectivity index (χ2n) is 4.59. The van der Waals surface area contributed by atoms with Crippen molar-refractivity contribution in [1.82, 2.24) is 5.32 Å². The van der Waals surface area contributed by atoms with Gasteiger partial charge in [-0.3, -0.25) is 4.79 Å². The van der Waals surface area contributed by atoms with Gasteiger partial charge in [-0.2, -0.15) is 0 Å². The highest BCUT2D eigenvalue weighted by Crippen LogP contribution is 2.14. The first-order valence-electron chi connectivity index (χ1n) is 6.16. The molecule has 1 aliphatic heterocycles. The van der Waals surface area contributed by atoms with E-state index in [0.717, 1.165) is 44.2 Å². The third kappa shape index (κ3) is 5.85. The van der Waals surface area contributed by atoms with Gasteiger partial charge in [-0.25, -0.2) is 0 Å². The van der Waals surface area contributed by atoms with Crippen LogP contribution < -0.4 is 5.32 Å². The highest BCUT2D eigenvalue weighted by atomic mass is 79.9. The number of alkyl halides is 1. The zero-order valence-corrected chi connectivity index (χ0v) is 11.6. The van der Waals surface area contributed by atoms with E-state index in [2.05, 4.69) is 28.2 Å². The molecule has 0 radical (unpaired) electrons. The number of ether oxygens (including phenoxy) is 1. The molecular weight excluding hydrogens is 270 g/mol. The van der Waals surface area contributed by atoms with E-state index in [4.69, 9.17) is 4.74 Å². The zero-order chi connectivity index (χ0) is 11.8. The smallest absolute Gasteiger partial charge is 0.222 e. The molecule has 0 aromatic rings. The highest BCUT2D eigenvalue weighted by molar-refractivity contribution is 9.09. The van der Waals surface area contributed by atoms with Gasteiger partial charge in [0.2, 0.25) is 5.91 Å². The van der Waals surface area contributed by atoms with Crippen molar-refractivity contribution in [2.75, 3.05) is 18.5 Å². The van der Waals surface area contributed by atoms with Gasteiger partial charge in [0.15, 0.2) is 0 Å². The lowest BCUT2D eigenvalue weighted by atomic mass is 10.1. The van der Waals surface area contributed by atoms with Crippen LogP contribution in [-0.4, -0.2) is 30.5 Å². The molecule has 2 unspecified atom stereocenters. The molecule has 0 aromatic carbocycles. The maximum atomic E-state index is 11.5. The first kappa shape index (κ1) is 14.0. The molecule has 1 heterocycles. The summed E-state index contributed by atoms with van der Waals surface area (Å²) in [5, 5.41) is 3.99. The molecule has 3 nitrogen and oxygen atoms in total. The van der Waals surface area contributed by atoms with Crippen molar-refractivity contribution in [1.29, 1.82) is 0 Å². The number of halogens is 1. The third-order valence-corrected chi connectivity index (χ3v) is 4.00. The Kier molecular flexibility index (Phi) is 7.05. The lowest BCUT2D eigenvalue weighted by molar-refractivity contribution is -0.123. The number of hydrogen-bond acceptors (Lipinski definition) is 2. The maximum Gasteiger partial charge on any atom is 0.222 e. The van der Waals surface area contributed by atoms with Gasteiger partial charge in [-0.15, -0.1) is 0 Å². The Labute approximate surface area is 106 Å². The molecule has 4 heteroatoms. The molecule has 0 spiro atoms. The summed E-state index contributed by atoms with van der Waals surface area (Å²) in [6.45, 7) is 3.83. The van der Waals surface area contributed by atoms with Crippen molar-refractivity contribution in [3.05, 3.63) is 0 Å². The molecule has 0 aromatic heterocycles. The number of carbonyl (C=O) groups excluding carboxylic acids is 1. The minimum absolute atomic E-state index is 0.137. The topological polar surface area (TPSA) is 38.3 Å². The minimum Gasteiger partial charge on any atom is -0.378 e. The summed E-state index contributed by atoms with van der Waals surface area (Å²) in [5.41, 5.74) is 0. The maximum absolute atomic E-state index is 11.5. The summed E-state index contributed by atoms with van der Waals surface area (Å²) in [4.78, 5) is 11.5. The van der Waals surface area contributed by atoms with Crippen LogP contribution in [0.5, 0.6) is 0 Å². The Morgan fingerprint density at radius 1 is 1.62 bits per heavy atom. The van der Waals surface area contributed by atoms with Gasteiger partial charge in [0.25, 0.3) is 0 Å². The van der Waals surface area contributed by atoms with Crippen LogP contribution in [0.4, 0.5) is 0 Å². The quantitative estimate of drug-likeness (QED) is 0.578. The fourth-order valence-corrected chi connectivity index (χ4v) is 2.16.